The number of hydrogen-bond acceptors (Lipinski definition) is 5. The van der Waals surface area contributed by atoms with Gasteiger partial charge >= 0.3 is 6.01 Å². The van der Waals surface area contributed by atoms with Crippen LogP contribution < -0.4 is 5.32 Å². The van der Waals surface area contributed by atoms with Crippen LogP contribution in [0.15, 0.2) is 49.9 Å². The highest BCUT2D eigenvalue weighted by Crippen LogP contribution is 2.22. The molecule has 0 radical (unpaired) electrons. The first-order valence-electron chi connectivity index (χ1n) is 5.76. The van der Waals surface area contributed by atoms with Gasteiger partial charge in [0.05, 0.1) is 6.26 Å². The molecular formula is C13H7BrClN3O3. The van der Waals surface area contributed by atoms with E-state index in [4.69, 9.17) is 20.4 Å². The number of furan rings is 1. The van der Waals surface area contributed by atoms with Crippen LogP contribution in [0, 0.1) is 0 Å². The van der Waals surface area contributed by atoms with E-state index in [1.165, 1.54) is 12.3 Å². The van der Waals surface area contributed by atoms with Crippen LogP contribution in [0.25, 0.3) is 11.7 Å². The van der Waals surface area contributed by atoms with E-state index >= 15 is 0 Å². The number of benzene rings is 1. The van der Waals surface area contributed by atoms with Crippen LogP contribution in [-0.4, -0.2) is 16.1 Å². The monoisotopic (exact) mass is 367 g/mol. The molecule has 8 heteroatoms. The Balaban J connectivity index is 1.79. The smallest absolute Gasteiger partial charge is 0.322 e. The molecule has 0 saturated carbocycles. The summed E-state index contributed by atoms with van der Waals surface area (Å²) in [6.07, 6.45) is 1.49. The summed E-state index contributed by atoms with van der Waals surface area (Å²) in [5.74, 6) is 0.198. The minimum Gasteiger partial charge on any atom is -0.459 e. The lowest BCUT2D eigenvalue weighted by atomic mass is 10.2. The summed E-state index contributed by atoms with van der Waals surface area (Å²) in [6.45, 7) is 0. The normalized spacial score (nSPS) is 10.6. The molecule has 1 aromatic carbocycles. The Morgan fingerprint density at radius 3 is 2.86 bits per heavy atom. The Bertz CT molecular complexity index is 766. The molecule has 3 aromatic rings. The molecule has 0 fully saturated rings. The molecule has 2 heterocycles. The summed E-state index contributed by atoms with van der Waals surface area (Å²) in [6, 6.07) is 8.19. The summed E-state index contributed by atoms with van der Waals surface area (Å²) < 4.78 is 11.1. The van der Waals surface area contributed by atoms with Gasteiger partial charge in [-0.25, -0.2) is 0 Å². The molecule has 6 nitrogen and oxygen atoms in total. The van der Waals surface area contributed by atoms with E-state index in [1.54, 1.807) is 24.3 Å². The zero-order valence-corrected chi connectivity index (χ0v) is 12.7. The molecule has 0 unspecified atom stereocenters. The molecule has 0 aliphatic heterocycles. The van der Waals surface area contributed by atoms with Gasteiger partial charge in [-0.2, -0.15) is 0 Å². The summed E-state index contributed by atoms with van der Waals surface area (Å²) in [5, 5.41) is 10.4. The van der Waals surface area contributed by atoms with Gasteiger partial charge in [-0.1, -0.05) is 32.6 Å². The maximum atomic E-state index is 12.1. The molecule has 21 heavy (non-hydrogen) atoms. The summed E-state index contributed by atoms with van der Waals surface area (Å²) >= 11 is 9.16. The Labute approximate surface area is 132 Å². The molecule has 0 saturated heterocycles. The van der Waals surface area contributed by atoms with Gasteiger partial charge in [0, 0.05) is 15.1 Å². The molecule has 1 amide bonds. The predicted molar refractivity (Wildman–Crippen MR) is 79.1 cm³/mol. The van der Waals surface area contributed by atoms with Crippen molar-refractivity contribution < 1.29 is 13.6 Å². The third-order valence-electron chi connectivity index (χ3n) is 2.50. The van der Waals surface area contributed by atoms with Crippen LogP contribution in [0.2, 0.25) is 5.02 Å². The van der Waals surface area contributed by atoms with Gasteiger partial charge in [0.15, 0.2) is 5.76 Å². The fraction of sp³-hybridized carbons (Fsp3) is 0. The van der Waals surface area contributed by atoms with Crippen molar-refractivity contribution in [2.45, 2.75) is 0 Å². The van der Waals surface area contributed by atoms with E-state index in [2.05, 4.69) is 31.4 Å². The van der Waals surface area contributed by atoms with Crippen molar-refractivity contribution in [1.29, 1.82) is 0 Å². The van der Waals surface area contributed by atoms with Crippen LogP contribution in [0.5, 0.6) is 0 Å². The second-order valence-electron chi connectivity index (χ2n) is 4.00. The quantitative estimate of drug-likeness (QED) is 0.756. The number of carbonyl (C=O) groups excluding carboxylic acids is 1. The van der Waals surface area contributed by atoms with E-state index < -0.39 is 5.91 Å². The van der Waals surface area contributed by atoms with Crippen LogP contribution in [0.4, 0.5) is 6.01 Å². The molecular weight excluding hydrogens is 362 g/mol. The van der Waals surface area contributed by atoms with Gasteiger partial charge in [-0.15, -0.1) is 5.10 Å². The fourth-order valence-corrected chi connectivity index (χ4v) is 2.49. The van der Waals surface area contributed by atoms with Crippen LogP contribution >= 0.6 is 27.5 Å². The van der Waals surface area contributed by atoms with Crippen LogP contribution in [0.1, 0.15) is 10.4 Å². The van der Waals surface area contributed by atoms with Gasteiger partial charge in [-0.3, -0.25) is 10.1 Å². The van der Waals surface area contributed by atoms with Crippen molar-refractivity contribution in [3.8, 4) is 11.7 Å². The number of halogens is 2. The molecule has 0 atom stereocenters. The zero-order valence-electron chi connectivity index (χ0n) is 10.3. The molecule has 0 aliphatic carbocycles. The lowest BCUT2D eigenvalue weighted by Gasteiger charge is -2.02. The number of amides is 1. The molecule has 106 valence electrons. The van der Waals surface area contributed by atoms with Crippen LogP contribution in [-0.2, 0) is 0 Å². The summed E-state index contributed by atoms with van der Waals surface area (Å²) in [7, 11) is 0. The second-order valence-corrected chi connectivity index (χ2v) is 5.35. The van der Waals surface area contributed by atoms with Crippen LogP contribution in [0.3, 0.4) is 0 Å². The Hall–Kier alpha value is -2.12. The van der Waals surface area contributed by atoms with E-state index in [0.717, 1.165) is 0 Å². The van der Waals surface area contributed by atoms with Gasteiger partial charge in [0.25, 0.3) is 11.8 Å². The Morgan fingerprint density at radius 2 is 2.14 bits per heavy atom. The highest BCUT2D eigenvalue weighted by atomic mass is 79.9. The van der Waals surface area contributed by atoms with E-state index in [1.807, 2.05) is 0 Å². The SMILES string of the molecule is O=C(Nc1nnc(-c2ccco2)o1)c1cc(Cl)cc(Br)c1. The Morgan fingerprint density at radius 1 is 1.29 bits per heavy atom. The first-order chi connectivity index (χ1) is 10.1. The number of anilines is 1. The third kappa shape index (κ3) is 3.14. The lowest BCUT2D eigenvalue weighted by Crippen LogP contribution is -2.12. The van der Waals surface area contributed by atoms with Gasteiger partial charge in [-0.05, 0) is 30.3 Å². The second kappa shape index (κ2) is 5.71. The maximum Gasteiger partial charge on any atom is 0.322 e. The number of rotatable bonds is 3. The number of nitrogens with one attached hydrogen (secondary N) is 1. The minimum absolute atomic E-state index is 0.0255. The average molecular weight is 369 g/mol. The lowest BCUT2D eigenvalue weighted by molar-refractivity contribution is 0.102. The predicted octanol–water partition coefficient (Wildman–Crippen LogP) is 4.00. The van der Waals surface area contributed by atoms with Gasteiger partial charge in [0.2, 0.25) is 0 Å². The number of nitrogens with zero attached hydrogens (tertiary/aromatic N) is 2. The minimum atomic E-state index is -0.409. The third-order valence-corrected chi connectivity index (χ3v) is 3.18. The molecule has 3 rings (SSSR count). The van der Waals surface area contributed by atoms with E-state index in [-0.39, 0.29) is 11.9 Å². The van der Waals surface area contributed by atoms with Crippen molar-refractivity contribution in [3.63, 3.8) is 0 Å². The van der Waals surface area contributed by atoms with Crippen molar-refractivity contribution in [3.05, 3.63) is 51.7 Å². The summed E-state index contributed by atoms with van der Waals surface area (Å²) in [5.41, 5.74) is 0.368. The fourth-order valence-electron chi connectivity index (χ4n) is 1.63. The highest BCUT2D eigenvalue weighted by molar-refractivity contribution is 9.10. The number of aromatic nitrogens is 2. The standard InChI is InChI=1S/C13H7BrClN3O3/c14-8-4-7(5-9(15)6-8)11(19)16-13-18-17-12(21-13)10-2-1-3-20-10/h1-6H,(H,16,18,19). The van der Waals surface area contributed by atoms with E-state index in [9.17, 15) is 4.79 Å². The van der Waals surface area contributed by atoms with Crippen molar-refractivity contribution in [2.24, 2.45) is 0 Å². The molecule has 0 aliphatic rings. The Kier molecular flexibility index (Phi) is 3.76. The van der Waals surface area contributed by atoms with Crippen molar-refractivity contribution in [2.75, 3.05) is 5.32 Å². The van der Waals surface area contributed by atoms with Gasteiger partial charge < -0.3 is 8.83 Å². The van der Waals surface area contributed by atoms with E-state index in [0.29, 0.717) is 20.8 Å². The largest absolute Gasteiger partial charge is 0.459 e. The first-order valence-corrected chi connectivity index (χ1v) is 6.94. The first kappa shape index (κ1) is 13.8. The van der Waals surface area contributed by atoms with Gasteiger partial charge in [0.1, 0.15) is 0 Å². The number of carbonyl (C=O) groups is 1. The molecule has 1 N–H and O–H groups in total. The van der Waals surface area contributed by atoms with Crippen molar-refractivity contribution in [1.82, 2.24) is 10.2 Å². The molecule has 0 bridgehead atoms. The average Bonchev–Trinajstić information content (AvgIpc) is 3.07. The zero-order chi connectivity index (χ0) is 14.8. The topological polar surface area (TPSA) is 81.2 Å². The summed E-state index contributed by atoms with van der Waals surface area (Å²) in [4.78, 5) is 12.1. The van der Waals surface area contributed by atoms with Crippen molar-refractivity contribution >= 4 is 39.5 Å². The number of hydrogen-bond donors (Lipinski definition) is 1. The molecule has 2 aromatic heterocycles. The maximum absolute atomic E-state index is 12.1. The molecule has 0 spiro atoms. The highest BCUT2D eigenvalue weighted by Gasteiger charge is 2.14.